The zero-order valence-electron chi connectivity index (χ0n) is 10.4. The van der Waals surface area contributed by atoms with Crippen LogP contribution in [0.4, 0.5) is 4.39 Å². The summed E-state index contributed by atoms with van der Waals surface area (Å²) in [7, 11) is 0. The molecule has 1 aliphatic heterocycles. The lowest BCUT2D eigenvalue weighted by Crippen LogP contribution is -2.37. The molecule has 1 aromatic rings. The molecular formula is C14H19FN2O. The van der Waals surface area contributed by atoms with Crippen molar-refractivity contribution in [3.63, 3.8) is 0 Å². The van der Waals surface area contributed by atoms with E-state index in [1.54, 1.807) is 23.1 Å². The summed E-state index contributed by atoms with van der Waals surface area (Å²) in [6.07, 6.45) is 3.63. The second-order valence-electron chi connectivity index (χ2n) is 4.78. The Morgan fingerprint density at radius 3 is 2.83 bits per heavy atom. The van der Waals surface area contributed by atoms with Crippen LogP contribution >= 0.6 is 0 Å². The highest BCUT2D eigenvalue weighted by atomic mass is 19.1. The lowest BCUT2D eigenvalue weighted by molar-refractivity contribution is -0.130. The van der Waals surface area contributed by atoms with Gasteiger partial charge in [-0.25, -0.2) is 4.39 Å². The molecule has 2 N–H and O–H groups in total. The molecule has 1 unspecified atom stereocenters. The maximum absolute atomic E-state index is 13.6. The number of hydrogen-bond donors (Lipinski definition) is 1. The molecule has 0 aliphatic carbocycles. The van der Waals surface area contributed by atoms with E-state index < -0.39 is 6.04 Å². The number of halogens is 1. The normalized spacial score (nSPS) is 18.6. The summed E-state index contributed by atoms with van der Waals surface area (Å²) < 4.78 is 13.6. The van der Waals surface area contributed by atoms with Crippen LogP contribution in [-0.4, -0.2) is 23.9 Å². The maximum Gasteiger partial charge on any atom is 0.222 e. The van der Waals surface area contributed by atoms with Crippen LogP contribution in [0.1, 0.15) is 37.3 Å². The van der Waals surface area contributed by atoms with Gasteiger partial charge in [-0.05, 0) is 18.9 Å². The van der Waals surface area contributed by atoms with Crippen LogP contribution in [0.15, 0.2) is 24.3 Å². The number of nitrogens with zero attached hydrogens (tertiary/aromatic N) is 1. The summed E-state index contributed by atoms with van der Waals surface area (Å²) in [5.41, 5.74) is 6.49. The van der Waals surface area contributed by atoms with Gasteiger partial charge in [0, 0.05) is 25.1 Å². The Balaban J connectivity index is 2.04. The Morgan fingerprint density at radius 2 is 2.06 bits per heavy atom. The van der Waals surface area contributed by atoms with Gasteiger partial charge in [-0.2, -0.15) is 0 Å². The summed E-state index contributed by atoms with van der Waals surface area (Å²) >= 11 is 0. The third-order valence-electron chi connectivity index (χ3n) is 3.39. The van der Waals surface area contributed by atoms with Crippen molar-refractivity contribution in [1.82, 2.24) is 4.90 Å². The molecule has 1 amide bonds. The summed E-state index contributed by atoms with van der Waals surface area (Å²) in [4.78, 5) is 13.6. The van der Waals surface area contributed by atoms with Crippen molar-refractivity contribution in [2.24, 2.45) is 5.73 Å². The Hall–Kier alpha value is -1.42. The number of hydrogen-bond acceptors (Lipinski definition) is 2. The fourth-order valence-electron chi connectivity index (χ4n) is 2.34. The van der Waals surface area contributed by atoms with E-state index in [0.29, 0.717) is 18.5 Å². The Labute approximate surface area is 107 Å². The average molecular weight is 250 g/mol. The van der Waals surface area contributed by atoms with E-state index >= 15 is 0 Å². The van der Waals surface area contributed by atoms with Crippen LogP contribution < -0.4 is 5.73 Å². The Morgan fingerprint density at radius 1 is 1.28 bits per heavy atom. The monoisotopic (exact) mass is 250 g/mol. The van der Waals surface area contributed by atoms with Crippen molar-refractivity contribution in [2.45, 2.75) is 31.7 Å². The van der Waals surface area contributed by atoms with E-state index in [4.69, 9.17) is 5.73 Å². The molecule has 1 fully saturated rings. The second-order valence-corrected chi connectivity index (χ2v) is 4.78. The summed E-state index contributed by atoms with van der Waals surface area (Å²) in [6.45, 7) is 1.14. The third-order valence-corrected chi connectivity index (χ3v) is 3.39. The molecule has 0 saturated carbocycles. The molecule has 1 aromatic carbocycles. The molecule has 1 heterocycles. The fourth-order valence-corrected chi connectivity index (χ4v) is 2.34. The van der Waals surface area contributed by atoms with E-state index in [9.17, 15) is 9.18 Å². The molecular weight excluding hydrogens is 231 g/mol. The van der Waals surface area contributed by atoms with Crippen LogP contribution in [0.5, 0.6) is 0 Å². The van der Waals surface area contributed by atoms with Gasteiger partial charge in [0.25, 0.3) is 0 Å². The number of rotatable bonds is 3. The van der Waals surface area contributed by atoms with Gasteiger partial charge in [-0.15, -0.1) is 0 Å². The van der Waals surface area contributed by atoms with Gasteiger partial charge in [-0.3, -0.25) is 4.79 Å². The lowest BCUT2D eigenvalue weighted by atomic mass is 10.1. The minimum Gasteiger partial charge on any atom is -0.341 e. The molecule has 1 saturated heterocycles. The molecule has 18 heavy (non-hydrogen) atoms. The third kappa shape index (κ3) is 3.07. The number of amides is 1. The molecule has 0 spiro atoms. The van der Waals surface area contributed by atoms with Crippen molar-refractivity contribution < 1.29 is 9.18 Å². The van der Waals surface area contributed by atoms with Gasteiger partial charge in [0.15, 0.2) is 0 Å². The van der Waals surface area contributed by atoms with Crippen molar-refractivity contribution >= 4 is 5.91 Å². The first-order valence-corrected chi connectivity index (χ1v) is 6.46. The lowest BCUT2D eigenvalue weighted by Gasteiger charge is -2.24. The number of carbonyl (C=O) groups is 1. The van der Waals surface area contributed by atoms with Crippen LogP contribution in [0.3, 0.4) is 0 Å². The molecule has 98 valence electrons. The van der Waals surface area contributed by atoms with Crippen LogP contribution in [-0.2, 0) is 4.79 Å². The molecule has 3 nitrogen and oxygen atoms in total. The quantitative estimate of drug-likeness (QED) is 0.894. The van der Waals surface area contributed by atoms with Crippen molar-refractivity contribution in [3.8, 4) is 0 Å². The highest BCUT2D eigenvalue weighted by molar-refractivity contribution is 5.76. The van der Waals surface area contributed by atoms with Crippen LogP contribution in [0, 0.1) is 5.82 Å². The predicted molar refractivity (Wildman–Crippen MR) is 68.4 cm³/mol. The first kappa shape index (κ1) is 13.0. The molecule has 0 bridgehead atoms. The first-order chi connectivity index (χ1) is 8.68. The van der Waals surface area contributed by atoms with Crippen molar-refractivity contribution in [3.05, 3.63) is 35.6 Å². The standard InChI is InChI=1S/C14H19FN2O/c15-12-7-4-3-6-11(12)13(16)10-17-9-5-1-2-8-14(17)18/h3-4,6-7,13H,1-2,5,8-10,16H2. The summed E-state index contributed by atoms with van der Waals surface area (Å²) in [6, 6.07) is 6.04. The number of nitrogens with two attached hydrogens (primary N) is 1. The van der Waals surface area contributed by atoms with E-state index in [-0.39, 0.29) is 11.7 Å². The van der Waals surface area contributed by atoms with Gasteiger partial charge in [0.2, 0.25) is 5.91 Å². The SMILES string of the molecule is NC(CN1CCCCCC1=O)c1ccccc1F. The van der Waals surface area contributed by atoms with Gasteiger partial charge >= 0.3 is 0 Å². The Kier molecular flexibility index (Phi) is 4.31. The topological polar surface area (TPSA) is 46.3 Å². The molecule has 0 radical (unpaired) electrons. The minimum absolute atomic E-state index is 0.138. The zero-order valence-corrected chi connectivity index (χ0v) is 10.4. The van der Waals surface area contributed by atoms with Gasteiger partial charge in [0.1, 0.15) is 5.82 Å². The van der Waals surface area contributed by atoms with Crippen LogP contribution in [0.2, 0.25) is 0 Å². The summed E-state index contributed by atoms with van der Waals surface area (Å²) in [5.74, 6) is -0.161. The highest BCUT2D eigenvalue weighted by Crippen LogP contribution is 2.18. The summed E-state index contributed by atoms with van der Waals surface area (Å²) in [5, 5.41) is 0. The molecule has 2 rings (SSSR count). The number of carbonyl (C=O) groups excluding carboxylic acids is 1. The van der Waals surface area contributed by atoms with Gasteiger partial charge in [0.05, 0.1) is 6.04 Å². The maximum atomic E-state index is 13.6. The molecule has 4 heteroatoms. The second kappa shape index (κ2) is 5.96. The fraction of sp³-hybridized carbons (Fsp3) is 0.500. The van der Waals surface area contributed by atoms with Crippen molar-refractivity contribution in [2.75, 3.05) is 13.1 Å². The van der Waals surface area contributed by atoms with E-state index in [2.05, 4.69) is 0 Å². The minimum atomic E-state index is -0.451. The van der Waals surface area contributed by atoms with Crippen LogP contribution in [0.25, 0.3) is 0 Å². The highest BCUT2D eigenvalue weighted by Gasteiger charge is 2.20. The van der Waals surface area contributed by atoms with E-state index in [1.807, 2.05) is 0 Å². The largest absolute Gasteiger partial charge is 0.341 e. The number of likely N-dealkylation sites (tertiary alicyclic amines) is 1. The molecule has 1 aliphatic rings. The smallest absolute Gasteiger partial charge is 0.222 e. The average Bonchev–Trinajstić information content (AvgIpc) is 2.55. The first-order valence-electron chi connectivity index (χ1n) is 6.46. The van der Waals surface area contributed by atoms with Crippen molar-refractivity contribution in [1.29, 1.82) is 0 Å². The molecule has 0 aromatic heterocycles. The predicted octanol–water partition coefficient (Wildman–Crippen LogP) is 2.23. The zero-order chi connectivity index (χ0) is 13.0. The van der Waals surface area contributed by atoms with E-state index in [0.717, 1.165) is 25.8 Å². The number of benzene rings is 1. The van der Waals surface area contributed by atoms with Gasteiger partial charge in [-0.1, -0.05) is 24.6 Å². The molecule has 1 atom stereocenters. The van der Waals surface area contributed by atoms with E-state index in [1.165, 1.54) is 6.07 Å². The Bertz CT molecular complexity index is 422. The van der Waals surface area contributed by atoms with Gasteiger partial charge < -0.3 is 10.6 Å².